The van der Waals surface area contributed by atoms with Crippen LogP contribution in [0.3, 0.4) is 0 Å². The standard InChI is InChI=1S/C10H14N6O2/c11-2-1-3-15-4-6-16(7-5-15)10(17)8-9(12)14-18-13-8/h1,3-7H2,(H2,12,14). The van der Waals surface area contributed by atoms with Gasteiger partial charge in [-0.2, -0.15) is 5.26 Å². The summed E-state index contributed by atoms with van der Waals surface area (Å²) in [6.07, 6.45) is 0.508. The van der Waals surface area contributed by atoms with Crippen LogP contribution in [0.4, 0.5) is 5.82 Å². The number of nitrogens with zero attached hydrogens (tertiary/aromatic N) is 5. The van der Waals surface area contributed by atoms with E-state index in [9.17, 15) is 4.79 Å². The summed E-state index contributed by atoms with van der Waals surface area (Å²) in [5.74, 6) is -0.236. The molecule has 0 aliphatic carbocycles. The monoisotopic (exact) mass is 250 g/mol. The maximum absolute atomic E-state index is 12.0. The predicted molar refractivity (Wildman–Crippen MR) is 61.3 cm³/mol. The van der Waals surface area contributed by atoms with Gasteiger partial charge >= 0.3 is 0 Å². The fourth-order valence-electron chi connectivity index (χ4n) is 1.88. The largest absolute Gasteiger partial charge is 0.379 e. The molecule has 1 saturated heterocycles. The van der Waals surface area contributed by atoms with Crippen LogP contribution in [0.15, 0.2) is 4.63 Å². The minimum Gasteiger partial charge on any atom is -0.379 e. The van der Waals surface area contributed by atoms with E-state index >= 15 is 0 Å². The fraction of sp³-hybridized carbons (Fsp3) is 0.600. The van der Waals surface area contributed by atoms with Crippen LogP contribution in [-0.2, 0) is 0 Å². The molecule has 0 aromatic carbocycles. The Balaban J connectivity index is 1.89. The zero-order valence-electron chi connectivity index (χ0n) is 9.87. The molecule has 8 nitrogen and oxygen atoms in total. The number of hydrogen-bond acceptors (Lipinski definition) is 7. The van der Waals surface area contributed by atoms with Crippen molar-refractivity contribution in [3.63, 3.8) is 0 Å². The third-order valence-electron chi connectivity index (χ3n) is 2.92. The summed E-state index contributed by atoms with van der Waals surface area (Å²) in [5.41, 5.74) is 5.55. The number of amides is 1. The Labute approximate surface area is 104 Å². The molecule has 1 aromatic rings. The number of nitriles is 1. The fourth-order valence-corrected chi connectivity index (χ4v) is 1.88. The third kappa shape index (κ3) is 2.57. The molecule has 2 rings (SSSR count). The minimum absolute atomic E-state index is 0.0203. The van der Waals surface area contributed by atoms with Gasteiger partial charge in [0.15, 0.2) is 0 Å². The van der Waals surface area contributed by atoms with E-state index in [4.69, 9.17) is 11.0 Å². The van der Waals surface area contributed by atoms with Crippen molar-refractivity contribution in [3.05, 3.63) is 5.69 Å². The third-order valence-corrected chi connectivity index (χ3v) is 2.92. The number of aromatic nitrogens is 2. The van der Waals surface area contributed by atoms with Crippen LogP contribution in [0.5, 0.6) is 0 Å². The summed E-state index contributed by atoms with van der Waals surface area (Å²) in [6.45, 7) is 3.43. The summed E-state index contributed by atoms with van der Waals surface area (Å²) in [7, 11) is 0. The first-order valence-electron chi connectivity index (χ1n) is 5.69. The number of rotatable bonds is 3. The first-order valence-corrected chi connectivity index (χ1v) is 5.69. The molecule has 18 heavy (non-hydrogen) atoms. The Morgan fingerprint density at radius 2 is 2.11 bits per heavy atom. The van der Waals surface area contributed by atoms with Crippen LogP contribution in [0.2, 0.25) is 0 Å². The topological polar surface area (TPSA) is 112 Å². The van der Waals surface area contributed by atoms with Gasteiger partial charge < -0.3 is 10.6 Å². The summed E-state index contributed by atoms with van der Waals surface area (Å²) < 4.78 is 4.41. The lowest BCUT2D eigenvalue weighted by molar-refractivity contribution is 0.0630. The number of carbonyl (C=O) groups excluding carboxylic acids is 1. The van der Waals surface area contributed by atoms with Gasteiger partial charge in [0, 0.05) is 39.1 Å². The van der Waals surface area contributed by atoms with Crippen molar-refractivity contribution in [3.8, 4) is 6.07 Å². The Kier molecular flexibility index (Phi) is 3.74. The van der Waals surface area contributed by atoms with E-state index < -0.39 is 0 Å². The zero-order chi connectivity index (χ0) is 13.0. The Hall–Kier alpha value is -2.14. The molecule has 0 saturated carbocycles. The van der Waals surface area contributed by atoms with Gasteiger partial charge in [0.1, 0.15) is 0 Å². The predicted octanol–water partition coefficient (Wildman–Crippen LogP) is -0.677. The average Bonchev–Trinajstić information content (AvgIpc) is 2.82. The molecule has 0 unspecified atom stereocenters. The molecular weight excluding hydrogens is 236 g/mol. The van der Waals surface area contributed by atoms with Crippen LogP contribution >= 0.6 is 0 Å². The van der Waals surface area contributed by atoms with E-state index in [-0.39, 0.29) is 17.4 Å². The lowest BCUT2D eigenvalue weighted by atomic mass is 10.2. The Bertz CT molecular complexity index is 457. The summed E-state index contributed by atoms with van der Waals surface area (Å²) in [4.78, 5) is 15.8. The Morgan fingerprint density at radius 1 is 1.39 bits per heavy atom. The van der Waals surface area contributed by atoms with Crippen LogP contribution < -0.4 is 5.73 Å². The lowest BCUT2D eigenvalue weighted by Crippen LogP contribution is -2.49. The van der Waals surface area contributed by atoms with Gasteiger partial charge in [-0.3, -0.25) is 9.69 Å². The first kappa shape index (κ1) is 12.3. The van der Waals surface area contributed by atoms with E-state index in [0.717, 1.165) is 19.6 Å². The van der Waals surface area contributed by atoms with Gasteiger partial charge in [0.05, 0.1) is 6.07 Å². The SMILES string of the molecule is N#CCCN1CCN(C(=O)c2nonc2N)CC1. The number of nitrogens with two attached hydrogens (primary N) is 1. The van der Waals surface area contributed by atoms with Crippen LogP contribution in [0.25, 0.3) is 0 Å². The number of piperazine rings is 1. The van der Waals surface area contributed by atoms with E-state index in [1.807, 2.05) is 0 Å². The molecule has 0 bridgehead atoms. The molecule has 1 amide bonds. The van der Waals surface area contributed by atoms with Crippen molar-refractivity contribution in [1.29, 1.82) is 5.26 Å². The maximum Gasteiger partial charge on any atom is 0.280 e. The Morgan fingerprint density at radius 3 is 2.67 bits per heavy atom. The summed E-state index contributed by atoms with van der Waals surface area (Å²) in [6, 6.07) is 2.11. The second-order valence-corrected chi connectivity index (χ2v) is 4.04. The smallest absolute Gasteiger partial charge is 0.280 e. The van der Waals surface area contributed by atoms with E-state index in [1.165, 1.54) is 0 Å². The normalized spacial score (nSPS) is 16.5. The van der Waals surface area contributed by atoms with Crippen LogP contribution in [-0.4, -0.2) is 58.7 Å². The highest BCUT2D eigenvalue weighted by Crippen LogP contribution is 2.11. The second kappa shape index (κ2) is 5.46. The van der Waals surface area contributed by atoms with Crippen molar-refractivity contribution >= 4 is 11.7 Å². The highest BCUT2D eigenvalue weighted by Gasteiger charge is 2.26. The van der Waals surface area contributed by atoms with Crippen molar-refractivity contribution in [2.75, 3.05) is 38.5 Å². The molecule has 1 fully saturated rings. The van der Waals surface area contributed by atoms with Crippen LogP contribution in [0.1, 0.15) is 16.9 Å². The van der Waals surface area contributed by atoms with Crippen molar-refractivity contribution < 1.29 is 9.42 Å². The highest BCUT2D eigenvalue weighted by atomic mass is 16.6. The van der Waals surface area contributed by atoms with E-state index in [2.05, 4.69) is 25.9 Å². The highest BCUT2D eigenvalue weighted by molar-refractivity contribution is 5.96. The van der Waals surface area contributed by atoms with Gasteiger partial charge in [-0.05, 0) is 10.3 Å². The van der Waals surface area contributed by atoms with E-state index in [1.54, 1.807) is 4.90 Å². The maximum atomic E-state index is 12.0. The molecule has 8 heteroatoms. The zero-order valence-corrected chi connectivity index (χ0v) is 9.87. The summed E-state index contributed by atoms with van der Waals surface area (Å²) >= 11 is 0. The summed E-state index contributed by atoms with van der Waals surface area (Å²) in [5, 5.41) is 15.4. The second-order valence-electron chi connectivity index (χ2n) is 4.04. The van der Waals surface area contributed by atoms with Gasteiger partial charge in [0.25, 0.3) is 5.91 Å². The van der Waals surface area contributed by atoms with Crippen molar-refractivity contribution in [2.24, 2.45) is 0 Å². The quantitative estimate of drug-likeness (QED) is 0.756. The number of anilines is 1. The van der Waals surface area contributed by atoms with Crippen molar-refractivity contribution in [1.82, 2.24) is 20.1 Å². The van der Waals surface area contributed by atoms with Gasteiger partial charge in [-0.1, -0.05) is 0 Å². The van der Waals surface area contributed by atoms with Gasteiger partial charge in [-0.25, -0.2) is 4.63 Å². The molecule has 0 atom stereocenters. The average molecular weight is 250 g/mol. The number of hydrogen-bond donors (Lipinski definition) is 1. The number of carbonyl (C=O) groups is 1. The van der Waals surface area contributed by atoms with Crippen LogP contribution in [0, 0.1) is 11.3 Å². The molecule has 2 heterocycles. The lowest BCUT2D eigenvalue weighted by Gasteiger charge is -2.33. The molecule has 1 aliphatic rings. The molecule has 2 N–H and O–H groups in total. The molecule has 96 valence electrons. The molecular formula is C10H14N6O2. The first-order chi connectivity index (χ1) is 8.72. The molecule has 1 aliphatic heterocycles. The molecule has 0 radical (unpaired) electrons. The number of nitrogen functional groups attached to an aromatic ring is 1. The van der Waals surface area contributed by atoms with Crippen molar-refractivity contribution in [2.45, 2.75) is 6.42 Å². The minimum atomic E-state index is -0.256. The molecule has 0 spiro atoms. The van der Waals surface area contributed by atoms with E-state index in [0.29, 0.717) is 19.5 Å². The van der Waals surface area contributed by atoms with Gasteiger partial charge in [-0.15, -0.1) is 0 Å². The van der Waals surface area contributed by atoms with Gasteiger partial charge in [0.2, 0.25) is 11.5 Å². The molecule has 1 aromatic heterocycles.